The second-order valence-corrected chi connectivity index (χ2v) is 7.85. The molecule has 0 unspecified atom stereocenters. The minimum atomic E-state index is -3.81. The molecule has 8 nitrogen and oxygen atoms in total. The normalized spacial score (nSPS) is 12.5. The van der Waals surface area contributed by atoms with Crippen molar-refractivity contribution in [2.24, 2.45) is 0 Å². The molecule has 0 saturated carbocycles. The molecule has 1 atom stereocenters. The fourth-order valence-corrected chi connectivity index (χ4v) is 3.31. The summed E-state index contributed by atoms with van der Waals surface area (Å²) < 4.78 is 37.3. The highest BCUT2D eigenvalue weighted by Crippen LogP contribution is 2.22. The maximum atomic E-state index is 12.2. The number of aryl methyl sites for hydroxylation is 1. The maximum absolute atomic E-state index is 12.2. The van der Waals surface area contributed by atoms with Gasteiger partial charge in [-0.1, -0.05) is 35.9 Å². The zero-order valence-electron chi connectivity index (χ0n) is 15.3. The molecule has 0 bridgehead atoms. The van der Waals surface area contributed by atoms with Crippen molar-refractivity contribution >= 4 is 16.0 Å². The summed E-state index contributed by atoms with van der Waals surface area (Å²) in [5.74, 6) is -0.338. The third kappa shape index (κ3) is 4.81. The third-order valence-electron chi connectivity index (χ3n) is 3.86. The number of hydrogen-bond acceptors (Lipinski definition) is 7. The molecule has 1 N–H and O–H groups in total. The fourth-order valence-electron chi connectivity index (χ4n) is 2.34. The Kier molecular flexibility index (Phi) is 5.86. The Balaban J connectivity index is 1.57. The second kappa shape index (κ2) is 8.32. The first kappa shape index (κ1) is 19.7. The van der Waals surface area contributed by atoms with Gasteiger partial charge in [-0.25, -0.2) is 8.42 Å². The molecule has 0 spiro atoms. The minimum absolute atomic E-state index is 0.0725. The number of carbonyl (C=O) groups is 1. The van der Waals surface area contributed by atoms with E-state index in [1.54, 1.807) is 19.1 Å². The van der Waals surface area contributed by atoms with E-state index in [4.69, 9.17) is 9.15 Å². The van der Waals surface area contributed by atoms with Crippen LogP contribution in [-0.4, -0.2) is 31.1 Å². The zero-order valence-corrected chi connectivity index (χ0v) is 16.1. The van der Waals surface area contributed by atoms with E-state index in [1.165, 1.54) is 12.1 Å². The van der Waals surface area contributed by atoms with Crippen LogP contribution in [0.2, 0.25) is 0 Å². The van der Waals surface area contributed by atoms with E-state index in [-0.39, 0.29) is 10.8 Å². The molecule has 2 aromatic carbocycles. The number of nitrogens with zero attached hydrogens (tertiary/aromatic N) is 2. The predicted octanol–water partition coefficient (Wildman–Crippen LogP) is 2.63. The van der Waals surface area contributed by atoms with Gasteiger partial charge in [0.25, 0.3) is 5.89 Å². The molecule has 9 heteroatoms. The number of carbonyl (C=O) groups excluding carboxylic acids is 1. The predicted molar refractivity (Wildman–Crippen MR) is 101 cm³/mol. The maximum Gasteiger partial charge on any atom is 0.321 e. The van der Waals surface area contributed by atoms with E-state index in [2.05, 4.69) is 14.9 Å². The Labute approximate surface area is 162 Å². The summed E-state index contributed by atoms with van der Waals surface area (Å²) >= 11 is 0. The van der Waals surface area contributed by atoms with Crippen LogP contribution in [0.5, 0.6) is 0 Å². The average molecular weight is 401 g/mol. The summed E-state index contributed by atoms with van der Waals surface area (Å²) in [6, 6.07) is 15.4. The smallest absolute Gasteiger partial charge is 0.321 e. The molecule has 1 heterocycles. The van der Waals surface area contributed by atoms with Gasteiger partial charge in [-0.15, -0.1) is 10.2 Å². The number of benzene rings is 2. The van der Waals surface area contributed by atoms with Gasteiger partial charge in [-0.3, -0.25) is 4.79 Å². The SMILES string of the molecule is Cc1ccc(S(=O)(=O)NCC(=O)O[C@H](C)c2nnc(-c3ccccc3)o2)cc1. The van der Waals surface area contributed by atoms with E-state index in [9.17, 15) is 13.2 Å². The Hall–Kier alpha value is -3.04. The molecule has 0 radical (unpaired) electrons. The van der Waals surface area contributed by atoms with E-state index >= 15 is 0 Å². The number of esters is 1. The van der Waals surface area contributed by atoms with Crippen molar-refractivity contribution in [3.63, 3.8) is 0 Å². The second-order valence-electron chi connectivity index (χ2n) is 6.08. The average Bonchev–Trinajstić information content (AvgIpc) is 3.18. The molecule has 0 fully saturated rings. The number of aromatic nitrogens is 2. The summed E-state index contributed by atoms with van der Waals surface area (Å²) in [7, 11) is -3.81. The van der Waals surface area contributed by atoms with Crippen LogP contribution in [-0.2, 0) is 19.6 Å². The first-order valence-corrected chi connectivity index (χ1v) is 9.98. The molecule has 1 aromatic heterocycles. The number of sulfonamides is 1. The molecule has 146 valence electrons. The summed E-state index contributed by atoms with van der Waals surface area (Å²) in [5, 5.41) is 7.81. The standard InChI is InChI=1S/C19H19N3O5S/c1-13-8-10-16(11-9-13)28(24,25)20-12-17(23)26-14(2)18-21-22-19(27-18)15-6-4-3-5-7-15/h3-11,14,20H,12H2,1-2H3/t14-/m1/s1. The molecular formula is C19H19N3O5S. The van der Waals surface area contributed by atoms with E-state index < -0.39 is 28.6 Å². The monoisotopic (exact) mass is 401 g/mol. The molecule has 0 saturated heterocycles. The van der Waals surface area contributed by atoms with Gasteiger partial charge in [-0.2, -0.15) is 4.72 Å². The first-order valence-electron chi connectivity index (χ1n) is 8.50. The first-order chi connectivity index (χ1) is 13.3. The van der Waals surface area contributed by atoms with E-state index in [1.807, 2.05) is 37.3 Å². The van der Waals surface area contributed by atoms with Crippen molar-refractivity contribution < 1.29 is 22.4 Å². The van der Waals surface area contributed by atoms with Gasteiger partial charge in [0.2, 0.25) is 15.9 Å². The lowest BCUT2D eigenvalue weighted by molar-refractivity contribution is -0.148. The quantitative estimate of drug-likeness (QED) is 0.606. The minimum Gasteiger partial charge on any atom is -0.452 e. The van der Waals surface area contributed by atoms with Gasteiger partial charge in [-0.05, 0) is 38.1 Å². The number of hydrogen-bond donors (Lipinski definition) is 1. The summed E-state index contributed by atoms with van der Waals surface area (Å²) in [4.78, 5) is 12.1. The number of nitrogens with one attached hydrogen (secondary N) is 1. The Morgan fingerprint density at radius 1 is 1.11 bits per heavy atom. The van der Waals surface area contributed by atoms with Crippen molar-refractivity contribution in [3.8, 4) is 11.5 Å². The molecule has 0 amide bonds. The van der Waals surface area contributed by atoms with Crippen LogP contribution in [0.1, 0.15) is 24.5 Å². The highest BCUT2D eigenvalue weighted by atomic mass is 32.2. The van der Waals surface area contributed by atoms with Crippen LogP contribution in [0.3, 0.4) is 0 Å². The van der Waals surface area contributed by atoms with Crippen molar-refractivity contribution in [2.45, 2.75) is 24.8 Å². The summed E-state index contributed by atoms with van der Waals surface area (Å²) in [6.45, 7) is 2.90. The molecule has 3 aromatic rings. The zero-order chi connectivity index (χ0) is 20.1. The van der Waals surface area contributed by atoms with Gasteiger partial charge >= 0.3 is 5.97 Å². The van der Waals surface area contributed by atoms with Gasteiger partial charge in [0.05, 0.1) is 4.90 Å². The van der Waals surface area contributed by atoms with Crippen LogP contribution < -0.4 is 4.72 Å². The highest BCUT2D eigenvalue weighted by Gasteiger charge is 2.21. The van der Waals surface area contributed by atoms with E-state index in [0.29, 0.717) is 5.89 Å². The molecule has 28 heavy (non-hydrogen) atoms. The molecular weight excluding hydrogens is 382 g/mol. The Morgan fingerprint density at radius 2 is 1.79 bits per heavy atom. The highest BCUT2D eigenvalue weighted by molar-refractivity contribution is 7.89. The van der Waals surface area contributed by atoms with Gasteiger partial charge in [0, 0.05) is 5.56 Å². The van der Waals surface area contributed by atoms with E-state index in [0.717, 1.165) is 11.1 Å². The van der Waals surface area contributed by atoms with Crippen molar-refractivity contribution in [1.29, 1.82) is 0 Å². The van der Waals surface area contributed by atoms with Crippen LogP contribution in [0.15, 0.2) is 63.9 Å². The van der Waals surface area contributed by atoms with Crippen molar-refractivity contribution in [1.82, 2.24) is 14.9 Å². The Bertz CT molecular complexity index is 1050. The fraction of sp³-hybridized carbons (Fsp3) is 0.211. The lowest BCUT2D eigenvalue weighted by atomic mass is 10.2. The van der Waals surface area contributed by atoms with Crippen LogP contribution in [0, 0.1) is 6.92 Å². The summed E-state index contributed by atoms with van der Waals surface area (Å²) in [6.07, 6.45) is -0.818. The number of rotatable bonds is 7. The van der Waals surface area contributed by atoms with Crippen molar-refractivity contribution in [2.75, 3.05) is 6.54 Å². The lowest BCUT2D eigenvalue weighted by Gasteiger charge is -2.10. The van der Waals surface area contributed by atoms with Crippen LogP contribution in [0.4, 0.5) is 0 Å². The summed E-state index contributed by atoms with van der Waals surface area (Å²) in [5.41, 5.74) is 1.67. The largest absolute Gasteiger partial charge is 0.452 e. The molecule has 0 aliphatic carbocycles. The molecule has 0 aliphatic rings. The Morgan fingerprint density at radius 3 is 2.46 bits per heavy atom. The third-order valence-corrected chi connectivity index (χ3v) is 5.27. The van der Waals surface area contributed by atoms with Crippen LogP contribution in [0.25, 0.3) is 11.5 Å². The molecule has 3 rings (SSSR count). The van der Waals surface area contributed by atoms with Crippen LogP contribution >= 0.6 is 0 Å². The van der Waals surface area contributed by atoms with Crippen molar-refractivity contribution in [3.05, 3.63) is 66.1 Å². The topological polar surface area (TPSA) is 111 Å². The van der Waals surface area contributed by atoms with Gasteiger partial charge in [0.1, 0.15) is 6.54 Å². The van der Waals surface area contributed by atoms with Gasteiger partial charge in [0.15, 0.2) is 6.10 Å². The lowest BCUT2D eigenvalue weighted by Crippen LogP contribution is -2.31. The number of ether oxygens (including phenoxy) is 1. The van der Waals surface area contributed by atoms with Gasteiger partial charge < -0.3 is 9.15 Å². The molecule has 0 aliphatic heterocycles.